The van der Waals surface area contributed by atoms with Crippen LogP contribution >= 0.6 is 0 Å². The van der Waals surface area contributed by atoms with E-state index < -0.39 is 5.41 Å². The summed E-state index contributed by atoms with van der Waals surface area (Å²) in [7, 11) is 1.54. The highest BCUT2D eigenvalue weighted by Gasteiger charge is 2.46. The standard InChI is InChI=1S/C26H29N3O3/c1-32-24-13-17(3-9-23(24)31)16-2-8-22-20(12-16)25(29-19-6-4-18(27)5-7-19)21(14-28-22)26(15-30)10-11-26/h2-3,8-9,12-15,18-19,31H,4-7,10-11,27H2,1H3,(H,28,29). The Morgan fingerprint density at radius 1 is 1.12 bits per heavy atom. The highest BCUT2D eigenvalue weighted by Crippen LogP contribution is 2.50. The Bertz CT molecular complexity index is 1160. The molecule has 166 valence electrons. The summed E-state index contributed by atoms with van der Waals surface area (Å²) in [6.07, 6.45) is 8.75. The third kappa shape index (κ3) is 3.69. The monoisotopic (exact) mass is 431 g/mol. The fraction of sp³-hybridized carbons (Fsp3) is 0.385. The molecule has 0 spiro atoms. The molecule has 0 amide bonds. The fourth-order valence-electron chi connectivity index (χ4n) is 4.82. The largest absolute Gasteiger partial charge is 0.504 e. The van der Waals surface area contributed by atoms with E-state index in [4.69, 9.17) is 15.5 Å². The smallest absolute Gasteiger partial charge is 0.161 e. The number of anilines is 1. The van der Waals surface area contributed by atoms with Crippen molar-refractivity contribution in [1.82, 2.24) is 4.98 Å². The summed E-state index contributed by atoms with van der Waals surface area (Å²) in [6.45, 7) is 0. The maximum Gasteiger partial charge on any atom is 0.161 e. The molecule has 1 heterocycles. The van der Waals surface area contributed by atoms with Gasteiger partial charge in [0.2, 0.25) is 0 Å². The number of nitrogens with one attached hydrogen (secondary N) is 1. The predicted octanol–water partition coefficient (Wildman–Crippen LogP) is 4.53. The number of pyridine rings is 1. The molecule has 2 aliphatic carbocycles. The molecule has 2 aromatic carbocycles. The Kier molecular flexibility index (Phi) is 5.25. The van der Waals surface area contributed by atoms with E-state index in [0.717, 1.165) is 78.1 Å². The average molecular weight is 432 g/mol. The summed E-state index contributed by atoms with van der Waals surface area (Å²) in [4.78, 5) is 16.7. The molecular weight excluding hydrogens is 402 g/mol. The van der Waals surface area contributed by atoms with Crippen molar-refractivity contribution in [2.45, 2.75) is 56.0 Å². The molecule has 2 saturated carbocycles. The van der Waals surface area contributed by atoms with Crippen LogP contribution in [0.15, 0.2) is 42.6 Å². The Morgan fingerprint density at radius 2 is 1.84 bits per heavy atom. The quantitative estimate of drug-likeness (QED) is 0.496. The van der Waals surface area contributed by atoms with Gasteiger partial charge in [0.15, 0.2) is 11.5 Å². The number of nitrogens with two attached hydrogens (primary N) is 1. The van der Waals surface area contributed by atoms with E-state index in [1.165, 1.54) is 0 Å². The summed E-state index contributed by atoms with van der Waals surface area (Å²) in [5.74, 6) is 0.546. The molecule has 5 rings (SSSR count). The van der Waals surface area contributed by atoms with Crippen molar-refractivity contribution in [1.29, 1.82) is 0 Å². The minimum atomic E-state index is -0.424. The number of aromatic hydroxyl groups is 1. The molecule has 0 saturated heterocycles. The molecule has 3 aromatic rings. The molecular formula is C26H29N3O3. The normalized spacial score (nSPS) is 21.8. The number of aromatic nitrogens is 1. The zero-order valence-corrected chi connectivity index (χ0v) is 18.3. The molecule has 32 heavy (non-hydrogen) atoms. The van der Waals surface area contributed by atoms with Gasteiger partial charge in [-0.1, -0.05) is 12.1 Å². The van der Waals surface area contributed by atoms with Crippen molar-refractivity contribution in [3.8, 4) is 22.6 Å². The number of carbonyl (C=O) groups excluding carboxylic acids is 1. The van der Waals surface area contributed by atoms with Crippen LogP contribution in [0.3, 0.4) is 0 Å². The number of ether oxygens (including phenoxy) is 1. The van der Waals surface area contributed by atoms with Gasteiger partial charge in [-0.3, -0.25) is 4.98 Å². The second-order valence-electron chi connectivity index (χ2n) is 9.20. The van der Waals surface area contributed by atoms with Crippen LogP contribution in [0, 0.1) is 0 Å². The van der Waals surface area contributed by atoms with Crippen LogP contribution in [-0.4, -0.2) is 35.6 Å². The second-order valence-corrected chi connectivity index (χ2v) is 9.20. The number of benzene rings is 2. The van der Waals surface area contributed by atoms with E-state index in [0.29, 0.717) is 11.8 Å². The lowest BCUT2D eigenvalue weighted by molar-refractivity contribution is -0.109. The molecule has 0 atom stereocenters. The first-order valence-electron chi connectivity index (χ1n) is 11.3. The number of phenols is 1. The van der Waals surface area contributed by atoms with Crippen LogP contribution in [0.5, 0.6) is 11.5 Å². The van der Waals surface area contributed by atoms with Gasteiger partial charge in [0.1, 0.15) is 6.29 Å². The van der Waals surface area contributed by atoms with Gasteiger partial charge in [0.05, 0.1) is 18.0 Å². The number of hydrogen-bond donors (Lipinski definition) is 3. The number of hydrogen-bond acceptors (Lipinski definition) is 6. The minimum Gasteiger partial charge on any atom is -0.504 e. The highest BCUT2D eigenvalue weighted by atomic mass is 16.5. The fourth-order valence-corrected chi connectivity index (χ4v) is 4.82. The number of nitrogens with zero attached hydrogens (tertiary/aromatic N) is 1. The number of rotatable bonds is 6. The molecule has 0 aliphatic heterocycles. The van der Waals surface area contributed by atoms with Gasteiger partial charge in [0.25, 0.3) is 0 Å². The molecule has 0 radical (unpaired) electrons. The molecule has 2 fully saturated rings. The SMILES string of the molecule is COc1cc(-c2ccc3ncc(C4(C=O)CC4)c(NC4CCC(N)CC4)c3c2)ccc1O. The van der Waals surface area contributed by atoms with Gasteiger partial charge in [-0.15, -0.1) is 0 Å². The number of aldehydes is 1. The van der Waals surface area contributed by atoms with E-state index in [9.17, 15) is 9.90 Å². The molecule has 6 heteroatoms. The summed E-state index contributed by atoms with van der Waals surface area (Å²) in [5.41, 5.74) is 10.5. The summed E-state index contributed by atoms with van der Waals surface area (Å²) in [6, 6.07) is 12.1. The zero-order valence-electron chi connectivity index (χ0n) is 18.3. The lowest BCUT2D eigenvalue weighted by Gasteiger charge is -2.29. The molecule has 6 nitrogen and oxygen atoms in total. The van der Waals surface area contributed by atoms with Gasteiger partial charge >= 0.3 is 0 Å². The van der Waals surface area contributed by atoms with Crippen LogP contribution in [0.4, 0.5) is 5.69 Å². The first-order chi connectivity index (χ1) is 15.5. The molecule has 1 aromatic heterocycles. The summed E-state index contributed by atoms with van der Waals surface area (Å²) < 4.78 is 5.29. The number of phenolic OH excluding ortho intramolecular Hbond substituents is 1. The average Bonchev–Trinajstić information content (AvgIpc) is 3.62. The van der Waals surface area contributed by atoms with Gasteiger partial charge in [-0.25, -0.2) is 0 Å². The van der Waals surface area contributed by atoms with E-state index >= 15 is 0 Å². The summed E-state index contributed by atoms with van der Waals surface area (Å²) >= 11 is 0. The first-order valence-corrected chi connectivity index (χ1v) is 11.3. The van der Waals surface area contributed by atoms with Crippen molar-refractivity contribution in [2.75, 3.05) is 12.4 Å². The van der Waals surface area contributed by atoms with E-state index in [2.05, 4.69) is 11.4 Å². The van der Waals surface area contributed by atoms with Crippen molar-refractivity contribution >= 4 is 22.9 Å². The van der Waals surface area contributed by atoms with Gasteiger partial charge < -0.3 is 25.7 Å². The molecule has 4 N–H and O–H groups in total. The first kappa shape index (κ1) is 20.8. The van der Waals surface area contributed by atoms with E-state index in [1.54, 1.807) is 13.2 Å². The zero-order chi connectivity index (χ0) is 22.3. The Hall–Kier alpha value is -3.12. The van der Waals surface area contributed by atoms with Crippen molar-refractivity contribution < 1.29 is 14.6 Å². The third-order valence-electron chi connectivity index (χ3n) is 7.05. The highest BCUT2D eigenvalue weighted by molar-refractivity contribution is 5.98. The Labute approximate surface area is 187 Å². The van der Waals surface area contributed by atoms with Gasteiger partial charge in [-0.05, 0) is 73.9 Å². The van der Waals surface area contributed by atoms with Crippen LogP contribution in [0.2, 0.25) is 0 Å². The van der Waals surface area contributed by atoms with Gasteiger partial charge in [-0.2, -0.15) is 0 Å². The molecule has 0 bridgehead atoms. The Balaban J connectivity index is 1.62. The van der Waals surface area contributed by atoms with Crippen molar-refractivity contribution in [3.63, 3.8) is 0 Å². The number of fused-ring (bicyclic) bond motifs is 1. The number of methoxy groups -OCH3 is 1. The summed E-state index contributed by atoms with van der Waals surface area (Å²) in [5, 5.41) is 14.8. The predicted molar refractivity (Wildman–Crippen MR) is 126 cm³/mol. The van der Waals surface area contributed by atoms with Crippen LogP contribution in [0.1, 0.15) is 44.1 Å². The van der Waals surface area contributed by atoms with Crippen LogP contribution < -0.4 is 15.8 Å². The second kappa shape index (κ2) is 8.10. The Morgan fingerprint density at radius 3 is 2.53 bits per heavy atom. The van der Waals surface area contributed by atoms with Crippen LogP contribution in [0.25, 0.3) is 22.0 Å². The minimum absolute atomic E-state index is 0.112. The van der Waals surface area contributed by atoms with Crippen LogP contribution in [-0.2, 0) is 10.2 Å². The topological polar surface area (TPSA) is 97.5 Å². The molecule has 0 unspecified atom stereocenters. The maximum atomic E-state index is 12.0. The number of carbonyl (C=O) groups is 1. The maximum absolute atomic E-state index is 12.0. The van der Waals surface area contributed by atoms with Crippen molar-refractivity contribution in [2.24, 2.45) is 5.73 Å². The van der Waals surface area contributed by atoms with E-state index in [-0.39, 0.29) is 11.8 Å². The lowest BCUT2D eigenvalue weighted by atomic mass is 9.89. The van der Waals surface area contributed by atoms with E-state index in [1.807, 2.05) is 30.5 Å². The van der Waals surface area contributed by atoms with Crippen molar-refractivity contribution in [3.05, 3.63) is 48.2 Å². The van der Waals surface area contributed by atoms with Gasteiger partial charge in [0, 0.05) is 34.9 Å². The lowest BCUT2D eigenvalue weighted by Crippen LogP contribution is -2.33. The third-order valence-corrected chi connectivity index (χ3v) is 7.05. The molecule has 2 aliphatic rings.